The number of carbonyl (C=O) groups excluding carboxylic acids is 1. The van der Waals surface area contributed by atoms with Gasteiger partial charge in [-0.05, 0) is 11.6 Å². The molecule has 1 fully saturated rings. The largest absolute Gasteiger partial charge is 0.488 e. The van der Waals surface area contributed by atoms with E-state index in [1.54, 1.807) is 11.3 Å². The zero-order valence-corrected chi connectivity index (χ0v) is 14.2. The molecule has 2 aliphatic heterocycles. The number of rotatable bonds is 3. The topological polar surface area (TPSA) is 57.7 Å². The second-order valence-corrected chi connectivity index (χ2v) is 6.90. The van der Waals surface area contributed by atoms with E-state index < -0.39 is 0 Å². The molecule has 4 rings (SSSR count). The number of carbonyl (C=O) groups is 1. The van der Waals surface area contributed by atoms with Crippen LogP contribution < -0.4 is 15.0 Å². The van der Waals surface area contributed by atoms with Gasteiger partial charge < -0.3 is 19.9 Å². The van der Waals surface area contributed by atoms with E-state index in [-0.39, 0.29) is 12.1 Å². The number of para-hydroxylation sites is 1. The monoisotopic (exact) mass is 344 g/mol. The maximum absolute atomic E-state index is 12.3. The third-order valence-electron chi connectivity index (χ3n) is 4.45. The Morgan fingerprint density at radius 3 is 2.88 bits per heavy atom. The molecule has 0 saturated carbocycles. The highest BCUT2D eigenvalue weighted by molar-refractivity contribution is 7.13. The van der Waals surface area contributed by atoms with E-state index in [1.807, 2.05) is 34.7 Å². The van der Waals surface area contributed by atoms with Gasteiger partial charge >= 0.3 is 6.03 Å². The van der Waals surface area contributed by atoms with Crippen LogP contribution in [0.1, 0.15) is 5.56 Å². The first-order valence-electron chi connectivity index (χ1n) is 8.21. The van der Waals surface area contributed by atoms with E-state index >= 15 is 0 Å². The lowest BCUT2D eigenvalue weighted by atomic mass is 10.1. The summed E-state index contributed by atoms with van der Waals surface area (Å²) in [4.78, 5) is 20.8. The fraction of sp³-hybridized carbons (Fsp3) is 0.412. The molecule has 0 spiro atoms. The van der Waals surface area contributed by atoms with E-state index in [2.05, 4.69) is 21.3 Å². The Hall–Kier alpha value is -2.28. The average Bonchev–Trinajstić information content (AvgIpc) is 3.29. The number of nitrogens with one attached hydrogen (secondary N) is 1. The Balaban J connectivity index is 1.23. The summed E-state index contributed by atoms with van der Waals surface area (Å²) in [5, 5.41) is 6.02. The molecule has 1 atom stereocenters. The molecule has 0 radical (unpaired) electrons. The van der Waals surface area contributed by atoms with E-state index in [0.717, 1.165) is 43.5 Å². The minimum absolute atomic E-state index is 0.00616. The summed E-state index contributed by atoms with van der Waals surface area (Å²) in [6, 6.07) is 8.05. The number of urea groups is 1. The van der Waals surface area contributed by atoms with Crippen LogP contribution in [0.3, 0.4) is 0 Å². The molecule has 1 aromatic heterocycles. The van der Waals surface area contributed by atoms with Gasteiger partial charge in [-0.25, -0.2) is 9.78 Å². The van der Waals surface area contributed by atoms with Gasteiger partial charge in [-0.3, -0.25) is 0 Å². The molecule has 126 valence electrons. The smallest absolute Gasteiger partial charge is 0.317 e. The Bertz CT molecular complexity index is 673. The summed E-state index contributed by atoms with van der Waals surface area (Å²) in [6.45, 7) is 3.63. The third kappa shape index (κ3) is 3.17. The average molecular weight is 344 g/mol. The number of amides is 2. The maximum atomic E-state index is 12.3. The van der Waals surface area contributed by atoms with Crippen LogP contribution in [0, 0.1) is 0 Å². The predicted octanol–water partition coefficient (Wildman–Crippen LogP) is 1.98. The number of aromatic nitrogens is 1. The van der Waals surface area contributed by atoms with Gasteiger partial charge in [-0.1, -0.05) is 18.2 Å². The lowest BCUT2D eigenvalue weighted by Crippen LogP contribution is -2.52. The SMILES string of the molecule is O=C(NC[C@H]1Cc2ccccc2O1)N1CCN(c2nccs2)CC1. The summed E-state index contributed by atoms with van der Waals surface area (Å²) < 4.78 is 5.86. The molecule has 2 amide bonds. The second kappa shape index (κ2) is 6.68. The van der Waals surface area contributed by atoms with Crippen LogP contribution in [0.25, 0.3) is 0 Å². The first-order chi connectivity index (χ1) is 11.8. The molecule has 2 aromatic rings. The minimum atomic E-state index is -0.00616. The van der Waals surface area contributed by atoms with Crippen LogP contribution >= 0.6 is 11.3 Å². The van der Waals surface area contributed by atoms with Gasteiger partial charge in [0.15, 0.2) is 5.13 Å². The van der Waals surface area contributed by atoms with Crippen molar-refractivity contribution in [2.45, 2.75) is 12.5 Å². The van der Waals surface area contributed by atoms with Crippen LogP contribution in [0.2, 0.25) is 0 Å². The van der Waals surface area contributed by atoms with Crippen LogP contribution in [-0.2, 0) is 6.42 Å². The van der Waals surface area contributed by atoms with Crippen molar-refractivity contribution in [3.63, 3.8) is 0 Å². The third-order valence-corrected chi connectivity index (χ3v) is 5.28. The van der Waals surface area contributed by atoms with Gasteiger partial charge in [0, 0.05) is 44.2 Å². The van der Waals surface area contributed by atoms with E-state index in [4.69, 9.17) is 4.74 Å². The molecule has 3 heterocycles. The van der Waals surface area contributed by atoms with Crippen molar-refractivity contribution in [2.24, 2.45) is 0 Å². The molecule has 24 heavy (non-hydrogen) atoms. The molecule has 1 saturated heterocycles. The van der Waals surface area contributed by atoms with Crippen molar-refractivity contribution in [3.8, 4) is 5.75 Å². The number of benzene rings is 1. The number of nitrogens with zero attached hydrogens (tertiary/aromatic N) is 3. The number of hydrogen-bond donors (Lipinski definition) is 1. The number of piperazine rings is 1. The highest BCUT2D eigenvalue weighted by atomic mass is 32.1. The summed E-state index contributed by atoms with van der Waals surface area (Å²) in [5.74, 6) is 0.939. The van der Waals surface area contributed by atoms with Crippen molar-refractivity contribution >= 4 is 22.5 Å². The maximum Gasteiger partial charge on any atom is 0.317 e. The van der Waals surface area contributed by atoms with Crippen LogP contribution in [-0.4, -0.2) is 54.7 Å². The molecule has 2 aliphatic rings. The summed E-state index contributed by atoms with van der Waals surface area (Å²) in [7, 11) is 0. The predicted molar refractivity (Wildman–Crippen MR) is 93.9 cm³/mol. The molecular weight excluding hydrogens is 324 g/mol. The Labute approximate surface area is 145 Å². The molecule has 6 nitrogen and oxygen atoms in total. The van der Waals surface area contributed by atoms with Gasteiger partial charge in [-0.2, -0.15) is 0 Å². The molecule has 1 aromatic carbocycles. The molecule has 7 heteroatoms. The fourth-order valence-corrected chi connectivity index (χ4v) is 3.85. The highest BCUT2D eigenvalue weighted by Crippen LogP contribution is 2.27. The van der Waals surface area contributed by atoms with Crippen molar-refractivity contribution in [1.29, 1.82) is 0 Å². The molecule has 0 unspecified atom stereocenters. The van der Waals surface area contributed by atoms with Crippen molar-refractivity contribution in [1.82, 2.24) is 15.2 Å². The minimum Gasteiger partial charge on any atom is -0.488 e. The zero-order valence-electron chi connectivity index (χ0n) is 13.4. The highest BCUT2D eigenvalue weighted by Gasteiger charge is 2.25. The zero-order chi connectivity index (χ0) is 16.4. The summed E-state index contributed by atoms with van der Waals surface area (Å²) in [6.07, 6.45) is 2.70. The first-order valence-corrected chi connectivity index (χ1v) is 9.09. The van der Waals surface area contributed by atoms with Crippen LogP contribution in [0.5, 0.6) is 5.75 Å². The van der Waals surface area contributed by atoms with Gasteiger partial charge in [0.05, 0.1) is 6.54 Å². The van der Waals surface area contributed by atoms with E-state index in [0.29, 0.717) is 6.54 Å². The Kier molecular flexibility index (Phi) is 4.25. The number of fused-ring (bicyclic) bond motifs is 1. The van der Waals surface area contributed by atoms with Crippen molar-refractivity contribution in [3.05, 3.63) is 41.4 Å². The Morgan fingerprint density at radius 1 is 1.29 bits per heavy atom. The lowest BCUT2D eigenvalue weighted by Gasteiger charge is -2.34. The van der Waals surface area contributed by atoms with Crippen molar-refractivity contribution in [2.75, 3.05) is 37.6 Å². The van der Waals surface area contributed by atoms with Gasteiger partial charge in [0.1, 0.15) is 11.9 Å². The van der Waals surface area contributed by atoms with E-state index in [9.17, 15) is 4.79 Å². The number of ether oxygens (including phenoxy) is 1. The molecule has 0 bridgehead atoms. The molecule has 0 aliphatic carbocycles. The second-order valence-electron chi connectivity index (χ2n) is 6.03. The first kappa shape index (κ1) is 15.3. The quantitative estimate of drug-likeness (QED) is 0.925. The van der Waals surface area contributed by atoms with E-state index in [1.165, 1.54) is 5.56 Å². The van der Waals surface area contributed by atoms with Crippen LogP contribution in [0.4, 0.5) is 9.93 Å². The van der Waals surface area contributed by atoms with Gasteiger partial charge in [0.2, 0.25) is 0 Å². The Morgan fingerprint density at radius 2 is 2.12 bits per heavy atom. The number of hydrogen-bond acceptors (Lipinski definition) is 5. The summed E-state index contributed by atoms with van der Waals surface area (Å²) >= 11 is 1.64. The molecule has 1 N–H and O–H groups in total. The number of anilines is 1. The van der Waals surface area contributed by atoms with Crippen LogP contribution in [0.15, 0.2) is 35.8 Å². The normalized spacial score (nSPS) is 19.8. The van der Waals surface area contributed by atoms with Crippen molar-refractivity contribution < 1.29 is 9.53 Å². The molecular formula is C17H20N4O2S. The lowest BCUT2D eigenvalue weighted by molar-refractivity contribution is 0.182. The van der Waals surface area contributed by atoms with Gasteiger partial charge in [-0.15, -0.1) is 11.3 Å². The standard InChI is InChI=1S/C17H20N4O2S/c22-16(19-12-14-11-13-3-1-2-4-15(13)23-14)20-6-8-21(9-7-20)17-18-5-10-24-17/h1-5,10,14H,6-9,11-12H2,(H,19,22)/t14-/m1/s1. The fourth-order valence-electron chi connectivity index (χ4n) is 3.15. The number of thiazole rings is 1. The van der Waals surface area contributed by atoms with Gasteiger partial charge in [0.25, 0.3) is 0 Å². The summed E-state index contributed by atoms with van der Waals surface area (Å²) in [5.41, 5.74) is 1.22.